The zero-order valence-electron chi connectivity index (χ0n) is 18.8. The van der Waals surface area contributed by atoms with Crippen molar-refractivity contribution in [3.8, 4) is 17.0 Å². The van der Waals surface area contributed by atoms with Crippen molar-refractivity contribution in [2.75, 3.05) is 11.1 Å². The number of para-hydroxylation sites is 1. The first-order valence-electron chi connectivity index (χ1n) is 11.6. The summed E-state index contributed by atoms with van der Waals surface area (Å²) in [4.78, 5) is 42.0. The van der Waals surface area contributed by atoms with E-state index in [1.807, 2.05) is 30.3 Å². The number of hydrogen-bond donors (Lipinski definition) is 2. The molecule has 1 saturated carbocycles. The molecular formula is C25H20BrN7O3. The Labute approximate surface area is 213 Å². The number of amides is 2. The first-order valence-corrected chi connectivity index (χ1v) is 12.4. The highest BCUT2D eigenvalue weighted by Gasteiger charge is 2.58. The number of nitrogen functional groups attached to an aromatic ring is 1. The van der Waals surface area contributed by atoms with E-state index in [0.29, 0.717) is 45.4 Å². The molecule has 3 aliphatic rings. The quantitative estimate of drug-likeness (QED) is 0.377. The molecule has 0 radical (unpaired) electrons. The van der Waals surface area contributed by atoms with Gasteiger partial charge in [0.1, 0.15) is 40.0 Å². The minimum absolute atomic E-state index is 0.00876. The van der Waals surface area contributed by atoms with Gasteiger partial charge in [-0.3, -0.25) is 14.2 Å². The largest absolute Gasteiger partial charge is 0.460 e. The molecule has 2 amide bonds. The van der Waals surface area contributed by atoms with Gasteiger partial charge in [-0.2, -0.15) is 0 Å². The van der Waals surface area contributed by atoms with Crippen molar-refractivity contribution >= 4 is 50.4 Å². The van der Waals surface area contributed by atoms with Gasteiger partial charge in [-0.05, 0) is 65.0 Å². The van der Waals surface area contributed by atoms with Crippen LogP contribution >= 0.6 is 15.9 Å². The van der Waals surface area contributed by atoms with Gasteiger partial charge in [0.05, 0.1) is 11.1 Å². The molecule has 3 N–H and O–H groups in total. The van der Waals surface area contributed by atoms with Crippen molar-refractivity contribution < 1.29 is 14.3 Å². The van der Waals surface area contributed by atoms with Crippen LogP contribution < -0.4 is 15.8 Å². The predicted octanol–water partition coefficient (Wildman–Crippen LogP) is 3.36. The number of carbonyl (C=O) groups excluding carboxylic acids is 2. The number of likely N-dealkylation sites (tertiary alicyclic amines) is 1. The molecule has 4 atom stereocenters. The van der Waals surface area contributed by atoms with Crippen LogP contribution in [0.2, 0.25) is 0 Å². The van der Waals surface area contributed by atoms with Crippen LogP contribution in [0.15, 0.2) is 59.5 Å². The Balaban J connectivity index is 1.28. The summed E-state index contributed by atoms with van der Waals surface area (Å²) in [6.45, 7) is 0. The van der Waals surface area contributed by atoms with Gasteiger partial charge in [0.15, 0.2) is 0 Å². The number of benzene rings is 1. The number of carbonyl (C=O) groups is 2. The smallest absolute Gasteiger partial charge is 0.286 e. The Morgan fingerprint density at radius 3 is 2.83 bits per heavy atom. The summed E-state index contributed by atoms with van der Waals surface area (Å²) in [6.07, 6.45) is 1.83. The van der Waals surface area contributed by atoms with E-state index in [4.69, 9.17) is 10.5 Å². The van der Waals surface area contributed by atoms with Crippen molar-refractivity contribution in [3.05, 3.63) is 59.5 Å². The number of nitrogens with zero attached hydrogens (tertiary/aromatic N) is 5. The van der Waals surface area contributed by atoms with Gasteiger partial charge in [-0.1, -0.05) is 18.2 Å². The van der Waals surface area contributed by atoms with Crippen molar-refractivity contribution in [2.24, 2.45) is 5.92 Å². The summed E-state index contributed by atoms with van der Waals surface area (Å²) in [5, 5.41) is 3.51. The maximum absolute atomic E-state index is 14.2. The number of anilines is 2. The average Bonchev–Trinajstić information content (AvgIpc) is 3.35. The van der Waals surface area contributed by atoms with Crippen LogP contribution in [-0.2, 0) is 9.59 Å². The highest BCUT2D eigenvalue weighted by atomic mass is 79.9. The van der Waals surface area contributed by atoms with Crippen LogP contribution in [-0.4, -0.2) is 48.3 Å². The molecule has 4 aromatic rings. The highest BCUT2D eigenvalue weighted by molar-refractivity contribution is 9.10. The standard InChI is InChI=1S/C25H20BrN7O3/c26-19-6-3-7-20(30-19)31-23(34)17-9-12-8-15(12)32(17)24(35)25-33-16(13-4-1-2-5-18(13)36-25)10-14-21(27)28-11-29-22(14)33/h1-7,10-12,15,17,25H,8-9H2,(H2,27,28,29)(H,30,31,34)/t12?,15-,17?,25?/m0/s1. The van der Waals surface area contributed by atoms with E-state index in [1.165, 1.54) is 6.33 Å². The monoisotopic (exact) mass is 545 g/mol. The van der Waals surface area contributed by atoms with Gasteiger partial charge in [0.2, 0.25) is 5.91 Å². The fourth-order valence-electron chi connectivity index (χ4n) is 5.43. The van der Waals surface area contributed by atoms with Gasteiger partial charge >= 0.3 is 0 Å². The Bertz CT molecular complexity index is 1570. The fourth-order valence-corrected chi connectivity index (χ4v) is 5.78. The van der Waals surface area contributed by atoms with Gasteiger partial charge < -0.3 is 20.7 Å². The fraction of sp³-hybridized carbons (Fsp3) is 0.240. The molecule has 7 rings (SSSR count). The van der Waals surface area contributed by atoms with E-state index >= 15 is 0 Å². The zero-order chi connectivity index (χ0) is 24.6. The molecule has 3 aromatic heterocycles. The Morgan fingerprint density at radius 2 is 1.97 bits per heavy atom. The summed E-state index contributed by atoms with van der Waals surface area (Å²) in [5.74, 6) is 1.09. The molecular weight excluding hydrogens is 526 g/mol. The number of rotatable bonds is 3. The molecule has 0 bridgehead atoms. The molecule has 1 aliphatic carbocycles. The van der Waals surface area contributed by atoms with Crippen LogP contribution in [0.5, 0.6) is 5.75 Å². The van der Waals surface area contributed by atoms with E-state index in [2.05, 4.69) is 36.2 Å². The highest BCUT2D eigenvalue weighted by Crippen LogP contribution is 2.50. The predicted molar refractivity (Wildman–Crippen MR) is 135 cm³/mol. The number of pyridine rings is 1. The van der Waals surface area contributed by atoms with Crippen molar-refractivity contribution in [2.45, 2.75) is 31.2 Å². The minimum atomic E-state index is -1.03. The maximum atomic E-state index is 14.2. The third kappa shape index (κ3) is 3.19. The van der Waals surface area contributed by atoms with E-state index in [-0.39, 0.29) is 17.9 Å². The van der Waals surface area contributed by atoms with Gasteiger partial charge in [0.25, 0.3) is 12.1 Å². The molecule has 2 aliphatic heterocycles. The lowest BCUT2D eigenvalue weighted by molar-refractivity contribution is -0.148. The third-order valence-corrected chi connectivity index (χ3v) is 7.58. The number of halogens is 1. The summed E-state index contributed by atoms with van der Waals surface area (Å²) in [5.41, 5.74) is 8.25. The van der Waals surface area contributed by atoms with Crippen LogP contribution in [0.1, 0.15) is 19.1 Å². The lowest BCUT2D eigenvalue weighted by Gasteiger charge is -2.34. The lowest BCUT2D eigenvalue weighted by Crippen LogP contribution is -2.49. The molecule has 0 spiro atoms. The summed E-state index contributed by atoms with van der Waals surface area (Å²) in [6, 6.07) is 14.1. The number of ether oxygens (including phenoxy) is 1. The molecule has 3 unspecified atom stereocenters. The third-order valence-electron chi connectivity index (χ3n) is 7.14. The molecule has 10 nitrogen and oxygen atoms in total. The van der Waals surface area contributed by atoms with E-state index in [1.54, 1.807) is 27.7 Å². The maximum Gasteiger partial charge on any atom is 0.286 e. The topological polar surface area (TPSA) is 128 Å². The Morgan fingerprint density at radius 1 is 1.11 bits per heavy atom. The first kappa shape index (κ1) is 21.3. The van der Waals surface area contributed by atoms with Crippen LogP contribution in [0.25, 0.3) is 22.3 Å². The number of piperidine rings is 1. The number of aromatic nitrogens is 4. The summed E-state index contributed by atoms with van der Waals surface area (Å²) in [7, 11) is 0. The van der Waals surface area contributed by atoms with E-state index < -0.39 is 12.3 Å². The molecule has 1 saturated heterocycles. The van der Waals surface area contributed by atoms with E-state index in [0.717, 1.165) is 17.7 Å². The van der Waals surface area contributed by atoms with Crippen LogP contribution in [0, 0.1) is 5.92 Å². The van der Waals surface area contributed by atoms with E-state index in [9.17, 15) is 9.59 Å². The Kier molecular flexibility index (Phi) is 4.59. The second kappa shape index (κ2) is 7.76. The first-order chi connectivity index (χ1) is 17.5. The summed E-state index contributed by atoms with van der Waals surface area (Å²) >= 11 is 3.32. The molecule has 5 heterocycles. The van der Waals surface area contributed by atoms with Crippen LogP contribution in [0.3, 0.4) is 0 Å². The Hall–Kier alpha value is -3.99. The molecule has 36 heavy (non-hydrogen) atoms. The second-order valence-electron chi connectivity index (χ2n) is 9.26. The van der Waals surface area contributed by atoms with Gasteiger partial charge in [0, 0.05) is 11.6 Å². The molecule has 180 valence electrons. The van der Waals surface area contributed by atoms with Crippen molar-refractivity contribution in [1.29, 1.82) is 0 Å². The number of nitrogens with two attached hydrogens (primary N) is 1. The number of hydrogen-bond acceptors (Lipinski definition) is 7. The number of fused-ring (bicyclic) bond motifs is 6. The lowest BCUT2D eigenvalue weighted by atomic mass is 10.1. The van der Waals surface area contributed by atoms with Crippen LogP contribution in [0.4, 0.5) is 11.6 Å². The average molecular weight is 546 g/mol. The minimum Gasteiger partial charge on any atom is -0.460 e. The van der Waals surface area contributed by atoms with Gasteiger partial charge in [-0.15, -0.1) is 0 Å². The molecule has 1 aromatic carbocycles. The van der Waals surface area contributed by atoms with Crippen molar-refractivity contribution in [3.63, 3.8) is 0 Å². The van der Waals surface area contributed by atoms with Crippen molar-refractivity contribution in [1.82, 2.24) is 24.4 Å². The number of nitrogens with one attached hydrogen (secondary N) is 1. The molecule has 11 heteroatoms. The summed E-state index contributed by atoms with van der Waals surface area (Å²) < 4.78 is 8.67. The normalized spacial score (nSPS) is 23.4. The van der Waals surface area contributed by atoms with Gasteiger partial charge in [-0.25, -0.2) is 15.0 Å². The molecule has 2 fully saturated rings. The SMILES string of the molecule is Nc1ncnc2c1cc1n2C(C(=O)N2C(C(=O)Nc3cccc(Br)n3)CC3C[C@@H]32)Oc2ccccc2-1. The zero-order valence-corrected chi connectivity index (χ0v) is 20.4. The second-order valence-corrected chi connectivity index (χ2v) is 10.1.